The van der Waals surface area contributed by atoms with Crippen molar-refractivity contribution in [3.8, 4) is 0 Å². The lowest BCUT2D eigenvalue weighted by atomic mass is 9.99. The number of alkyl halides is 1. The Bertz CT molecular complexity index is 379. The van der Waals surface area contributed by atoms with Crippen molar-refractivity contribution in [3.63, 3.8) is 0 Å². The Kier molecular flexibility index (Phi) is 4.21. The molecule has 0 spiro atoms. The van der Waals surface area contributed by atoms with E-state index in [4.69, 9.17) is 0 Å². The van der Waals surface area contributed by atoms with E-state index in [1.54, 1.807) is 0 Å². The monoisotopic (exact) mass is 295 g/mol. The van der Waals surface area contributed by atoms with E-state index in [1.807, 2.05) is 23.1 Å². The first-order valence-electron chi connectivity index (χ1n) is 6.23. The fourth-order valence-corrected chi connectivity index (χ4v) is 3.06. The van der Waals surface area contributed by atoms with Crippen molar-refractivity contribution in [2.24, 2.45) is 0 Å². The molecule has 0 radical (unpaired) electrons. The van der Waals surface area contributed by atoms with Gasteiger partial charge in [0, 0.05) is 6.54 Å². The molecule has 3 heteroatoms. The molecule has 1 fully saturated rings. The molecule has 2 atom stereocenters. The molecule has 17 heavy (non-hydrogen) atoms. The van der Waals surface area contributed by atoms with Gasteiger partial charge in [-0.2, -0.15) is 0 Å². The van der Waals surface area contributed by atoms with Gasteiger partial charge >= 0.3 is 0 Å². The summed E-state index contributed by atoms with van der Waals surface area (Å²) in [4.78, 5) is 14.2. The topological polar surface area (TPSA) is 20.3 Å². The molecule has 0 aromatic heterocycles. The number of carbonyl (C=O) groups excluding carboxylic acids is 1. The Labute approximate surface area is 111 Å². The van der Waals surface area contributed by atoms with Crippen LogP contribution in [0.1, 0.15) is 37.8 Å². The third-order valence-corrected chi connectivity index (χ3v) is 4.20. The lowest BCUT2D eigenvalue weighted by Crippen LogP contribution is -2.43. The second-order valence-electron chi connectivity index (χ2n) is 4.48. The Morgan fingerprint density at radius 1 is 1.41 bits per heavy atom. The largest absolute Gasteiger partial charge is 0.335 e. The van der Waals surface area contributed by atoms with Crippen molar-refractivity contribution in [2.75, 3.05) is 6.54 Å². The molecule has 1 aliphatic rings. The summed E-state index contributed by atoms with van der Waals surface area (Å²) in [7, 11) is 0. The van der Waals surface area contributed by atoms with Crippen LogP contribution < -0.4 is 0 Å². The molecule has 0 bridgehead atoms. The normalized spacial score (nSPS) is 22.6. The number of rotatable bonds is 3. The predicted molar refractivity (Wildman–Crippen MR) is 73.1 cm³/mol. The van der Waals surface area contributed by atoms with Gasteiger partial charge in [-0.3, -0.25) is 4.79 Å². The summed E-state index contributed by atoms with van der Waals surface area (Å²) in [6.45, 7) is 3.02. The molecule has 0 aliphatic carbocycles. The number of hydrogen-bond donors (Lipinski definition) is 0. The van der Waals surface area contributed by atoms with Crippen molar-refractivity contribution in [3.05, 3.63) is 35.9 Å². The first kappa shape index (κ1) is 12.6. The van der Waals surface area contributed by atoms with Crippen LogP contribution in [0.3, 0.4) is 0 Å². The number of piperidine rings is 1. The van der Waals surface area contributed by atoms with Gasteiger partial charge in [-0.25, -0.2) is 0 Å². The Morgan fingerprint density at radius 3 is 2.76 bits per heavy atom. The number of carbonyl (C=O) groups is 1. The van der Waals surface area contributed by atoms with E-state index >= 15 is 0 Å². The molecule has 1 aromatic rings. The lowest BCUT2D eigenvalue weighted by molar-refractivity contribution is -0.135. The van der Waals surface area contributed by atoms with E-state index in [9.17, 15) is 4.79 Å². The third kappa shape index (κ3) is 2.71. The minimum Gasteiger partial charge on any atom is -0.335 e. The van der Waals surface area contributed by atoms with E-state index in [0.717, 1.165) is 25.8 Å². The molecule has 1 saturated heterocycles. The summed E-state index contributed by atoms with van der Waals surface area (Å²) in [5.41, 5.74) is 1.24. The smallest absolute Gasteiger partial charge is 0.236 e. The molecule has 2 unspecified atom stereocenters. The summed E-state index contributed by atoms with van der Waals surface area (Å²) in [6, 6.07) is 10.5. The number of halogens is 1. The van der Waals surface area contributed by atoms with Crippen LogP contribution in [0.15, 0.2) is 30.3 Å². The van der Waals surface area contributed by atoms with Crippen molar-refractivity contribution in [1.29, 1.82) is 0 Å². The van der Waals surface area contributed by atoms with Crippen molar-refractivity contribution in [2.45, 2.75) is 37.1 Å². The summed E-state index contributed by atoms with van der Waals surface area (Å²) in [5, 5.41) is 0. The summed E-state index contributed by atoms with van der Waals surface area (Å²) < 4.78 is 0. The molecule has 92 valence electrons. The van der Waals surface area contributed by atoms with Gasteiger partial charge in [0.2, 0.25) is 5.91 Å². The summed E-state index contributed by atoms with van der Waals surface area (Å²) in [6.07, 6.45) is 3.01. The quantitative estimate of drug-likeness (QED) is 0.781. The zero-order chi connectivity index (χ0) is 12.3. The molecule has 0 N–H and O–H groups in total. The third-order valence-electron chi connectivity index (χ3n) is 3.35. The van der Waals surface area contributed by atoms with Crippen LogP contribution in [0.5, 0.6) is 0 Å². The highest BCUT2D eigenvalue weighted by molar-refractivity contribution is 9.10. The minimum atomic E-state index is 0.00834. The number of hydrogen-bond acceptors (Lipinski definition) is 1. The zero-order valence-electron chi connectivity index (χ0n) is 10.1. The molecular weight excluding hydrogens is 278 g/mol. The molecule has 2 nitrogen and oxygen atoms in total. The van der Waals surface area contributed by atoms with Gasteiger partial charge < -0.3 is 4.90 Å². The van der Waals surface area contributed by atoms with Crippen LogP contribution in [0, 0.1) is 0 Å². The van der Waals surface area contributed by atoms with Crippen LogP contribution in [-0.4, -0.2) is 22.2 Å². The molecule has 0 saturated carbocycles. The van der Waals surface area contributed by atoms with E-state index in [0.29, 0.717) is 0 Å². The Hall–Kier alpha value is -0.830. The molecular formula is C14H18BrNO. The van der Waals surface area contributed by atoms with Crippen LogP contribution in [0.25, 0.3) is 0 Å². The van der Waals surface area contributed by atoms with Crippen LogP contribution >= 0.6 is 15.9 Å². The predicted octanol–water partition coefficient (Wildman–Crippen LogP) is 3.52. The molecule has 1 aromatic carbocycles. The maximum absolute atomic E-state index is 12.2. The summed E-state index contributed by atoms with van der Waals surface area (Å²) >= 11 is 3.47. The van der Waals surface area contributed by atoms with Gasteiger partial charge in [0.1, 0.15) is 0 Å². The van der Waals surface area contributed by atoms with Gasteiger partial charge in [0.05, 0.1) is 10.9 Å². The van der Waals surface area contributed by atoms with Gasteiger partial charge in [-0.15, -0.1) is 0 Å². The van der Waals surface area contributed by atoms with Crippen molar-refractivity contribution >= 4 is 21.8 Å². The average Bonchev–Trinajstić information content (AvgIpc) is 2.37. The minimum absolute atomic E-state index is 0.00834. The average molecular weight is 296 g/mol. The maximum Gasteiger partial charge on any atom is 0.236 e. The Balaban J connectivity index is 2.21. The zero-order valence-corrected chi connectivity index (χ0v) is 11.7. The van der Waals surface area contributed by atoms with Crippen LogP contribution in [0.4, 0.5) is 0 Å². The number of amides is 1. The van der Waals surface area contributed by atoms with E-state index in [-0.39, 0.29) is 16.8 Å². The fraction of sp³-hybridized carbons (Fsp3) is 0.500. The van der Waals surface area contributed by atoms with Crippen LogP contribution in [0.2, 0.25) is 0 Å². The number of likely N-dealkylation sites (tertiary alicyclic amines) is 1. The van der Waals surface area contributed by atoms with E-state index in [1.165, 1.54) is 5.56 Å². The SMILES string of the molecule is CCC(c1ccccc1)N1CCCC(Br)C1=O. The van der Waals surface area contributed by atoms with Crippen LogP contribution in [-0.2, 0) is 4.79 Å². The molecule has 1 heterocycles. The fourth-order valence-electron chi connectivity index (χ4n) is 2.48. The van der Waals surface area contributed by atoms with Gasteiger partial charge in [-0.1, -0.05) is 53.2 Å². The maximum atomic E-state index is 12.2. The second kappa shape index (κ2) is 5.67. The van der Waals surface area contributed by atoms with E-state index < -0.39 is 0 Å². The molecule has 1 aliphatic heterocycles. The first-order valence-corrected chi connectivity index (χ1v) is 7.15. The van der Waals surface area contributed by atoms with Crippen molar-refractivity contribution in [1.82, 2.24) is 4.90 Å². The second-order valence-corrected chi connectivity index (χ2v) is 5.58. The molecule has 1 amide bonds. The highest BCUT2D eigenvalue weighted by atomic mass is 79.9. The van der Waals surface area contributed by atoms with Crippen molar-refractivity contribution < 1.29 is 4.79 Å². The van der Waals surface area contributed by atoms with E-state index in [2.05, 4.69) is 35.0 Å². The van der Waals surface area contributed by atoms with Gasteiger partial charge in [-0.05, 0) is 24.8 Å². The molecule has 2 rings (SSSR count). The number of nitrogens with zero attached hydrogens (tertiary/aromatic N) is 1. The number of benzene rings is 1. The standard InChI is InChI=1S/C14H18BrNO/c1-2-13(11-7-4-3-5-8-11)16-10-6-9-12(15)14(16)17/h3-5,7-8,12-13H,2,6,9-10H2,1H3. The highest BCUT2D eigenvalue weighted by Crippen LogP contribution is 2.30. The lowest BCUT2D eigenvalue weighted by Gasteiger charge is -2.36. The van der Waals surface area contributed by atoms with Gasteiger partial charge in [0.25, 0.3) is 0 Å². The summed E-state index contributed by atoms with van der Waals surface area (Å²) in [5.74, 6) is 0.243. The first-order chi connectivity index (χ1) is 8.24. The van der Waals surface area contributed by atoms with Gasteiger partial charge in [0.15, 0.2) is 0 Å². The Morgan fingerprint density at radius 2 is 2.12 bits per heavy atom. The highest BCUT2D eigenvalue weighted by Gasteiger charge is 2.31.